The number of hydrogen-bond donors (Lipinski definition) is 0. The van der Waals surface area contributed by atoms with Crippen molar-refractivity contribution >= 4 is 6.72 Å². The molecule has 0 heterocycles. The molecule has 0 aromatic heterocycles. The fraction of sp³-hybridized carbons (Fsp3) is 0.625. The maximum atomic E-state index is 3.25. The van der Waals surface area contributed by atoms with Crippen molar-refractivity contribution in [3.63, 3.8) is 0 Å². The van der Waals surface area contributed by atoms with E-state index < -0.39 is 0 Å². The molecule has 0 aromatic rings. The minimum atomic E-state index is 1.64. The van der Waals surface area contributed by atoms with E-state index in [1.807, 2.05) is 39.8 Å². The molecule has 0 bridgehead atoms. The number of allylic oxidation sites excluding steroid dienone is 2. The van der Waals surface area contributed by atoms with Crippen molar-refractivity contribution in [1.82, 2.24) is 0 Å². The molecule has 9 heavy (non-hydrogen) atoms. The van der Waals surface area contributed by atoms with Crippen LogP contribution in [0, 0.1) is 0 Å². The Bertz CT molecular complexity index is 42.5. The van der Waals surface area contributed by atoms with Gasteiger partial charge >= 0.3 is 0 Å². The lowest BCUT2D eigenvalue weighted by Crippen LogP contribution is -1.26. The number of hydrogen-bond acceptors (Lipinski definition) is 1. The highest BCUT2D eigenvalue weighted by Gasteiger charge is 1.34. The van der Waals surface area contributed by atoms with Crippen molar-refractivity contribution in [3.8, 4) is 0 Å². The normalized spacial score (nSPS) is 6.33. The quantitative estimate of drug-likeness (QED) is 0.352. The van der Waals surface area contributed by atoms with Crippen molar-refractivity contribution in [2.75, 3.05) is 7.05 Å². The summed E-state index contributed by atoms with van der Waals surface area (Å²) in [6.45, 7) is 11.1. The first-order valence-electron chi connectivity index (χ1n) is 3.25. The van der Waals surface area contributed by atoms with E-state index in [0.29, 0.717) is 0 Å². The molecular formula is C8H19N. The summed E-state index contributed by atoms with van der Waals surface area (Å²) in [5.74, 6) is 0. The van der Waals surface area contributed by atoms with E-state index in [0.717, 1.165) is 0 Å². The van der Waals surface area contributed by atoms with Crippen molar-refractivity contribution in [3.05, 3.63) is 12.2 Å². The molecule has 0 unspecified atom stereocenters. The van der Waals surface area contributed by atoms with Gasteiger partial charge in [-0.1, -0.05) is 26.0 Å². The second-order valence-electron chi connectivity index (χ2n) is 0.983. The smallest absolute Gasteiger partial charge is 0.0269 e. The summed E-state index contributed by atoms with van der Waals surface area (Å²) in [4.78, 5) is 3.25. The molecule has 1 heteroatoms. The van der Waals surface area contributed by atoms with E-state index in [9.17, 15) is 0 Å². The Morgan fingerprint density at radius 1 is 1.11 bits per heavy atom. The van der Waals surface area contributed by atoms with E-state index in [4.69, 9.17) is 0 Å². The zero-order chi connectivity index (χ0) is 8.12. The zero-order valence-corrected chi connectivity index (χ0v) is 7.31. The lowest BCUT2D eigenvalue weighted by atomic mass is 10.6. The van der Waals surface area contributed by atoms with E-state index in [1.165, 1.54) is 0 Å². The Morgan fingerprint density at radius 3 is 1.22 bits per heavy atom. The van der Waals surface area contributed by atoms with Crippen LogP contribution in [0.3, 0.4) is 0 Å². The molecule has 0 aliphatic heterocycles. The van der Waals surface area contributed by atoms with Crippen molar-refractivity contribution in [2.45, 2.75) is 27.7 Å². The molecule has 56 valence electrons. The number of nitrogens with zero attached hydrogens (tertiary/aromatic N) is 1. The second kappa shape index (κ2) is 52.4. The van der Waals surface area contributed by atoms with Gasteiger partial charge in [0.05, 0.1) is 0 Å². The van der Waals surface area contributed by atoms with Crippen LogP contribution < -0.4 is 0 Å². The molecule has 0 aliphatic rings. The van der Waals surface area contributed by atoms with Gasteiger partial charge in [-0.25, -0.2) is 0 Å². The van der Waals surface area contributed by atoms with Crippen LogP contribution in [-0.4, -0.2) is 13.8 Å². The fourth-order valence-corrected chi connectivity index (χ4v) is 0. The van der Waals surface area contributed by atoms with E-state index >= 15 is 0 Å². The van der Waals surface area contributed by atoms with Crippen LogP contribution in [0.4, 0.5) is 0 Å². The Hall–Kier alpha value is -0.590. The fourth-order valence-electron chi connectivity index (χ4n) is 0. The Labute approximate surface area is 59.5 Å². The first kappa shape index (κ1) is 15.8. The molecule has 0 rings (SSSR count). The average molecular weight is 129 g/mol. The maximum Gasteiger partial charge on any atom is 0.0269 e. The third kappa shape index (κ3) is 1290. The second-order valence-corrected chi connectivity index (χ2v) is 0.983. The first-order valence-corrected chi connectivity index (χ1v) is 3.25. The molecule has 0 aliphatic carbocycles. The molecule has 0 aromatic carbocycles. The SMILES string of the molecule is C/C=C\C.C=NC.CC. The van der Waals surface area contributed by atoms with Crippen LogP contribution in [-0.2, 0) is 0 Å². The highest BCUT2D eigenvalue weighted by Crippen LogP contribution is 1.57. The predicted molar refractivity (Wildman–Crippen MR) is 47.3 cm³/mol. The maximum absolute atomic E-state index is 3.25. The zero-order valence-electron chi connectivity index (χ0n) is 7.31. The first-order chi connectivity index (χ1) is 4.33. The summed E-state index contributed by atoms with van der Waals surface area (Å²) in [7, 11) is 1.64. The third-order valence-corrected chi connectivity index (χ3v) is 0.333. The average Bonchev–Trinajstić information content (AvgIpc) is 1.94. The van der Waals surface area contributed by atoms with Crippen molar-refractivity contribution in [1.29, 1.82) is 0 Å². The van der Waals surface area contributed by atoms with Crippen LogP contribution in [0.2, 0.25) is 0 Å². The van der Waals surface area contributed by atoms with Gasteiger partial charge in [-0.3, -0.25) is 0 Å². The molecule has 0 radical (unpaired) electrons. The van der Waals surface area contributed by atoms with Crippen LogP contribution in [0.25, 0.3) is 0 Å². The highest BCUT2D eigenvalue weighted by molar-refractivity contribution is 5.22. The lowest BCUT2D eigenvalue weighted by Gasteiger charge is -1.49. The van der Waals surface area contributed by atoms with Gasteiger partial charge in [0.1, 0.15) is 0 Å². The molecule has 0 spiro atoms. The van der Waals surface area contributed by atoms with Crippen LogP contribution in [0.1, 0.15) is 27.7 Å². The van der Waals surface area contributed by atoms with Crippen molar-refractivity contribution in [2.24, 2.45) is 4.99 Å². The standard InChI is InChI=1S/C4H8.C2H5N.C2H6/c1-3-4-2;1-3-2;1-2/h3-4H,1-2H3;1H2,2H3;1-2H3/b4-3-;;. The highest BCUT2D eigenvalue weighted by atomic mass is 14.6. The van der Waals surface area contributed by atoms with Crippen LogP contribution in [0.5, 0.6) is 0 Å². The largest absolute Gasteiger partial charge is 0.304 e. The van der Waals surface area contributed by atoms with Crippen LogP contribution in [0.15, 0.2) is 17.1 Å². The molecular weight excluding hydrogens is 110 g/mol. The van der Waals surface area contributed by atoms with Gasteiger partial charge < -0.3 is 4.99 Å². The van der Waals surface area contributed by atoms with Gasteiger partial charge in [-0.2, -0.15) is 0 Å². The topological polar surface area (TPSA) is 12.4 Å². The van der Waals surface area contributed by atoms with Crippen LogP contribution >= 0.6 is 0 Å². The van der Waals surface area contributed by atoms with E-state index in [-0.39, 0.29) is 0 Å². The third-order valence-electron chi connectivity index (χ3n) is 0.333. The summed E-state index contributed by atoms with van der Waals surface area (Å²) in [5.41, 5.74) is 0. The summed E-state index contributed by atoms with van der Waals surface area (Å²) in [6, 6.07) is 0. The molecule has 0 atom stereocenters. The Kier molecular flexibility index (Phi) is 91.9. The van der Waals surface area contributed by atoms with Gasteiger partial charge in [0.25, 0.3) is 0 Å². The molecule has 0 amide bonds. The molecule has 0 fully saturated rings. The Morgan fingerprint density at radius 2 is 1.22 bits per heavy atom. The predicted octanol–water partition coefficient (Wildman–Crippen LogP) is 2.93. The Balaban J connectivity index is -0.0000000646. The lowest BCUT2D eigenvalue weighted by molar-refractivity contribution is 1.49. The molecule has 1 nitrogen and oxygen atoms in total. The van der Waals surface area contributed by atoms with Gasteiger partial charge in [0.2, 0.25) is 0 Å². The minimum absolute atomic E-state index is 1.64. The van der Waals surface area contributed by atoms with E-state index in [2.05, 4.69) is 11.7 Å². The minimum Gasteiger partial charge on any atom is -0.304 e. The van der Waals surface area contributed by atoms with Gasteiger partial charge in [-0.15, -0.1) is 0 Å². The van der Waals surface area contributed by atoms with Gasteiger partial charge in [0.15, 0.2) is 0 Å². The summed E-state index contributed by atoms with van der Waals surface area (Å²) in [6.07, 6.45) is 4.00. The molecule has 0 saturated carbocycles. The monoisotopic (exact) mass is 129 g/mol. The summed E-state index contributed by atoms with van der Waals surface area (Å²) < 4.78 is 0. The molecule has 0 saturated heterocycles. The number of aliphatic imine (C=N–C) groups is 1. The van der Waals surface area contributed by atoms with Crippen molar-refractivity contribution < 1.29 is 0 Å². The van der Waals surface area contributed by atoms with Gasteiger partial charge in [-0.05, 0) is 20.6 Å². The molecule has 0 N–H and O–H groups in total. The van der Waals surface area contributed by atoms with E-state index in [1.54, 1.807) is 7.05 Å². The summed E-state index contributed by atoms with van der Waals surface area (Å²) >= 11 is 0. The summed E-state index contributed by atoms with van der Waals surface area (Å²) in [5, 5.41) is 0. The number of rotatable bonds is 0. The van der Waals surface area contributed by atoms with Gasteiger partial charge in [0, 0.05) is 7.05 Å².